The topological polar surface area (TPSA) is 112 Å². The number of aromatic nitrogens is 3. The third-order valence-electron chi connectivity index (χ3n) is 7.84. The lowest BCUT2D eigenvalue weighted by atomic mass is 10.00. The quantitative estimate of drug-likeness (QED) is 0.373. The number of aryl methyl sites for hydroxylation is 2. The number of hydrogen-bond acceptors (Lipinski definition) is 6. The van der Waals surface area contributed by atoms with Crippen molar-refractivity contribution in [1.29, 1.82) is 0 Å². The zero-order valence-electron chi connectivity index (χ0n) is 22.3. The first-order valence-corrected chi connectivity index (χ1v) is 13.8. The van der Waals surface area contributed by atoms with Crippen molar-refractivity contribution in [1.82, 2.24) is 25.0 Å². The summed E-state index contributed by atoms with van der Waals surface area (Å²) in [5.74, 6) is 0.242. The fourth-order valence-electron chi connectivity index (χ4n) is 5.70. The van der Waals surface area contributed by atoms with Crippen LogP contribution in [0, 0.1) is 5.92 Å². The molecule has 2 aliphatic rings. The Kier molecular flexibility index (Phi) is 7.93. The van der Waals surface area contributed by atoms with Gasteiger partial charge < -0.3 is 20.6 Å². The van der Waals surface area contributed by atoms with Crippen LogP contribution >= 0.6 is 0 Å². The van der Waals surface area contributed by atoms with Crippen LogP contribution in [0.3, 0.4) is 0 Å². The molecule has 0 unspecified atom stereocenters. The maximum atomic E-state index is 13.1. The van der Waals surface area contributed by atoms with Crippen molar-refractivity contribution in [2.24, 2.45) is 5.92 Å². The third kappa shape index (κ3) is 5.83. The molecular weight excluding hydrogens is 480 g/mol. The van der Waals surface area contributed by atoms with Crippen LogP contribution in [0.4, 0.5) is 5.82 Å². The van der Waals surface area contributed by atoms with E-state index in [0.717, 1.165) is 67.7 Å². The fraction of sp³-hybridized carbons (Fsp3) is 0.517. The van der Waals surface area contributed by atoms with E-state index < -0.39 is 12.0 Å². The highest BCUT2D eigenvalue weighted by atomic mass is 16.4. The highest BCUT2D eigenvalue weighted by molar-refractivity contribution is 6.07. The predicted molar refractivity (Wildman–Crippen MR) is 148 cm³/mol. The van der Waals surface area contributed by atoms with Gasteiger partial charge in [0.2, 0.25) is 0 Å². The van der Waals surface area contributed by atoms with E-state index >= 15 is 0 Å². The molecule has 0 aliphatic carbocycles. The highest BCUT2D eigenvalue weighted by Gasteiger charge is 2.27. The maximum Gasteiger partial charge on any atom is 0.326 e. The molecule has 3 N–H and O–H groups in total. The van der Waals surface area contributed by atoms with E-state index in [-0.39, 0.29) is 11.9 Å². The molecule has 1 saturated heterocycles. The molecule has 2 atom stereocenters. The summed E-state index contributed by atoms with van der Waals surface area (Å²) >= 11 is 0. The van der Waals surface area contributed by atoms with Crippen LogP contribution in [-0.2, 0) is 17.6 Å². The van der Waals surface area contributed by atoms with Crippen LogP contribution in [0.1, 0.15) is 67.2 Å². The van der Waals surface area contributed by atoms with Crippen LogP contribution in [-0.4, -0.2) is 68.9 Å². The first-order chi connectivity index (χ1) is 18.4. The molecule has 0 saturated carbocycles. The Bertz CT molecular complexity index is 1300. The minimum atomic E-state index is -1.01. The molecule has 0 spiro atoms. The van der Waals surface area contributed by atoms with Crippen molar-refractivity contribution < 1.29 is 14.7 Å². The van der Waals surface area contributed by atoms with Gasteiger partial charge in [-0.25, -0.2) is 9.78 Å². The number of aliphatic carboxylic acids is 1. The standard InChI is InChI=1S/C29H38N6O3/c1-19(2)35-26-7-3-6-23(24(26)17-31-35)28(36)33-25(29(37)38)13-16-34-15-12-20(18-34)8-10-22-11-9-21-5-4-14-30-27(21)32-22/h3,6-7,9,11,17,19-20,25H,4-5,8,10,12-16,18H2,1-2H3,(H,30,32)(H,33,36)(H,37,38)/t20-,25+/m1/s1. The van der Waals surface area contributed by atoms with Crippen molar-refractivity contribution >= 4 is 28.6 Å². The van der Waals surface area contributed by atoms with Gasteiger partial charge in [-0.1, -0.05) is 12.1 Å². The predicted octanol–water partition coefficient (Wildman–Crippen LogP) is 3.90. The molecule has 9 heteroatoms. The second kappa shape index (κ2) is 11.5. The van der Waals surface area contributed by atoms with Gasteiger partial charge in [0.05, 0.1) is 17.3 Å². The summed E-state index contributed by atoms with van der Waals surface area (Å²) in [5.41, 5.74) is 3.77. The second-order valence-electron chi connectivity index (χ2n) is 10.9. The van der Waals surface area contributed by atoms with Crippen molar-refractivity contribution in [2.75, 3.05) is 31.5 Å². The number of nitrogens with zero attached hydrogens (tertiary/aromatic N) is 4. The number of fused-ring (bicyclic) bond motifs is 2. The Morgan fingerprint density at radius 2 is 2.11 bits per heavy atom. The van der Waals surface area contributed by atoms with Crippen LogP contribution in [0.5, 0.6) is 0 Å². The monoisotopic (exact) mass is 518 g/mol. The van der Waals surface area contributed by atoms with Gasteiger partial charge in [-0.2, -0.15) is 5.10 Å². The lowest BCUT2D eigenvalue weighted by Crippen LogP contribution is -2.43. The number of amides is 1. The zero-order valence-corrected chi connectivity index (χ0v) is 22.3. The largest absolute Gasteiger partial charge is 0.480 e. The van der Waals surface area contributed by atoms with Crippen LogP contribution in [0.15, 0.2) is 36.5 Å². The minimum Gasteiger partial charge on any atom is -0.480 e. The Balaban J connectivity index is 1.12. The number of nitrogens with one attached hydrogen (secondary N) is 2. The molecule has 1 aromatic carbocycles. The molecule has 0 bridgehead atoms. The first kappa shape index (κ1) is 26.2. The Labute approximate surface area is 223 Å². The van der Waals surface area contributed by atoms with Gasteiger partial charge in [0.15, 0.2) is 0 Å². The summed E-state index contributed by atoms with van der Waals surface area (Å²) < 4.78 is 1.86. The number of anilines is 1. The van der Waals surface area contributed by atoms with E-state index in [1.807, 2.05) is 30.7 Å². The summed E-state index contributed by atoms with van der Waals surface area (Å²) in [7, 11) is 0. The van der Waals surface area contributed by atoms with Gasteiger partial charge in [-0.3, -0.25) is 9.48 Å². The molecule has 38 heavy (non-hydrogen) atoms. The van der Waals surface area contributed by atoms with E-state index in [1.165, 1.54) is 12.0 Å². The third-order valence-corrected chi connectivity index (χ3v) is 7.84. The van der Waals surface area contributed by atoms with E-state index in [2.05, 4.69) is 32.8 Å². The van der Waals surface area contributed by atoms with Gasteiger partial charge in [-0.05, 0) is 88.6 Å². The maximum absolute atomic E-state index is 13.1. The summed E-state index contributed by atoms with van der Waals surface area (Å²) in [5, 5.41) is 21.1. The molecule has 9 nitrogen and oxygen atoms in total. The first-order valence-electron chi connectivity index (χ1n) is 13.8. The number of carbonyl (C=O) groups excluding carboxylic acids is 1. The number of pyridine rings is 1. The average molecular weight is 519 g/mol. The number of hydrogen-bond donors (Lipinski definition) is 3. The SMILES string of the molecule is CC(C)n1ncc2c(C(=O)N[C@@H](CCN3CC[C@@H](CCc4ccc5c(n4)NCCC5)C3)C(=O)O)cccc21. The molecule has 0 radical (unpaired) electrons. The van der Waals surface area contributed by atoms with Crippen LogP contribution in [0.2, 0.25) is 0 Å². The van der Waals surface area contributed by atoms with Gasteiger partial charge in [0, 0.05) is 36.8 Å². The lowest BCUT2D eigenvalue weighted by Gasteiger charge is -2.20. The van der Waals surface area contributed by atoms with E-state index in [1.54, 1.807) is 12.3 Å². The molecule has 202 valence electrons. The number of rotatable bonds is 10. The van der Waals surface area contributed by atoms with Crippen molar-refractivity contribution in [3.05, 3.63) is 53.3 Å². The van der Waals surface area contributed by atoms with Gasteiger partial charge in [0.1, 0.15) is 11.9 Å². The average Bonchev–Trinajstić information content (AvgIpc) is 3.56. The normalized spacial score (nSPS) is 18.3. The second-order valence-corrected chi connectivity index (χ2v) is 10.9. The van der Waals surface area contributed by atoms with Crippen LogP contribution < -0.4 is 10.6 Å². The Morgan fingerprint density at radius 3 is 2.92 bits per heavy atom. The summed E-state index contributed by atoms with van der Waals surface area (Å²) in [4.78, 5) is 32.2. The van der Waals surface area contributed by atoms with Gasteiger partial charge in [-0.15, -0.1) is 0 Å². The Morgan fingerprint density at radius 1 is 1.24 bits per heavy atom. The minimum absolute atomic E-state index is 0.160. The van der Waals surface area contributed by atoms with E-state index in [4.69, 9.17) is 4.98 Å². The molecule has 1 amide bonds. The number of carboxylic acids is 1. The van der Waals surface area contributed by atoms with Gasteiger partial charge >= 0.3 is 5.97 Å². The Hall–Kier alpha value is -3.46. The van der Waals surface area contributed by atoms with E-state index in [9.17, 15) is 14.7 Å². The van der Waals surface area contributed by atoms with Gasteiger partial charge in [0.25, 0.3) is 5.91 Å². The van der Waals surface area contributed by atoms with Crippen LogP contribution in [0.25, 0.3) is 10.9 Å². The van der Waals surface area contributed by atoms with E-state index in [0.29, 0.717) is 24.4 Å². The summed E-state index contributed by atoms with van der Waals surface area (Å²) in [6, 6.07) is 9.05. The highest BCUT2D eigenvalue weighted by Crippen LogP contribution is 2.25. The summed E-state index contributed by atoms with van der Waals surface area (Å²) in [6.07, 6.45) is 7.46. The molecule has 2 aromatic heterocycles. The number of carbonyl (C=O) groups is 2. The fourth-order valence-corrected chi connectivity index (χ4v) is 5.70. The molecule has 3 aromatic rings. The molecule has 4 heterocycles. The molecular formula is C29H38N6O3. The lowest BCUT2D eigenvalue weighted by molar-refractivity contribution is -0.139. The summed E-state index contributed by atoms with van der Waals surface area (Å²) in [6.45, 7) is 7.62. The molecule has 1 fully saturated rings. The van der Waals surface area contributed by atoms with Crippen molar-refractivity contribution in [3.8, 4) is 0 Å². The van der Waals surface area contributed by atoms with Crippen molar-refractivity contribution in [2.45, 2.75) is 64.5 Å². The zero-order chi connectivity index (χ0) is 26.6. The number of benzene rings is 1. The molecule has 5 rings (SSSR count). The molecule has 2 aliphatic heterocycles. The smallest absolute Gasteiger partial charge is 0.326 e. The number of carboxylic acid groups (broad SMARTS) is 1. The van der Waals surface area contributed by atoms with Crippen molar-refractivity contribution in [3.63, 3.8) is 0 Å². The number of likely N-dealkylation sites (tertiary alicyclic amines) is 1.